The van der Waals surface area contributed by atoms with E-state index in [4.69, 9.17) is 9.84 Å². The molecule has 0 aliphatic rings. The van der Waals surface area contributed by atoms with E-state index in [1.807, 2.05) is 52.0 Å². The van der Waals surface area contributed by atoms with Crippen LogP contribution in [0.3, 0.4) is 0 Å². The van der Waals surface area contributed by atoms with Gasteiger partial charge in [-0.25, -0.2) is 4.79 Å². The second kappa shape index (κ2) is 8.41. The number of carboxylic acids is 1. The lowest BCUT2D eigenvalue weighted by Crippen LogP contribution is -2.32. The van der Waals surface area contributed by atoms with Gasteiger partial charge in [-0.15, -0.1) is 0 Å². The number of rotatable bonds is 7. The highest BCUT2D eigenvalue weighted by atomic mass is 16.6. The van der Waals surface area contributed by atoms with Crippen LogP contribution in [0.1, 0.15) is 46.1 Å². The monoisotopic (exact) mass is 322 g/mol. The van der Waals surface area contributed by atoms with Crippen molar-refractivity contribution in [2.45, 2.75) is 58.7 Å². The molecule has 0 aliphatic carbocycles. The molecular weight excluding hydrogens is 296 g/mol. The average molecular weight is 322 g/mol. The highest BCUT2D eigenvalue weighted by molar-refractivity contribution is 5.68. The Morgan fingerprint density at radius 1 is 1.26 bits per heavy atom. The third kappa shape index (κ3) is 8.09. The highest BCUT2D eigenvalue weighted by Crippen LogP contribution is 2.17. The topological polar surface area (TPSA) is 87.7 Å². The molecule has 0 aliphatic heterocycles. The maximum atomic E-state index is 11.7. The van der Waals surface area contributed by atoms with E-state index in [-0.39, 0.29) is 12.5 Å². The maximum Gasteiger partial charge on any atom is 0.407 e. The molecule has 6 heteroatoms. The van der Waals surface area contributed by atoms with Crippen molar-refractivity contribution in [2.24, 2.45) is 0 Å². The molecule has 1 atom stereocenters. The minimum atomic E-state index is -0.807. The first-order chi connectivity index (χ1) is 10.7. The smallest absolute Gasteiger partial charge is 0.407 e. The molecule has 6 nitrogen and oxygen atoms in total. The SMILES string of the molecule is CC(CCC(=O)O)Nc1ccccc1CNC(=O)OC(C)(C)C. The number of hydrogen-bond donors (Lipinski definition) is 3. The molecule has 0 radical (unpaired) electrons. The van der Waals surface area contributed by atoms with Crippen molar-refractivity contribution in [3.05, 3.63) is 29.8 Å². The number of ether oxygens (including phenoxy) is 1. The van der Waals surface area contributed by atoms with Gasteiger partial charge >= 0.3 is 12.1 Å². The van der Waals surface area contributed by atoms with Crippen LogP contribution < -0.4 is 10.6 Å². The Bertz CT molecular complexity index is 538. The zero-order chi connectivity index (χ0) is 17.5. The zero-order valence-electron chi connectivity index (χ0n) is 14.2. The van der Waals surface area contributed by atoms with Crippen LogP contribution >= 0.6 is 0 Å². The number of para-hydroxylation sites is 1. The van der Waals surface area contributed by atoms with Gasteiger partial charge in [0.1, 0.15) is 5.60 Å². The Hall–Kier alpha value is -2.24. The van der Waals surface area contributed by atoms with E-state index in [1.165, 1.54) is 0 Å². The minimum absolute atomic E-state index is 0.0220. The van der Waals surface area contributed by atoms with E-state index in [0.717, 1.165) is 11.3 Å². The molecule has 3 N–H and O–H groups in total. The molecular formula is C17H26N2O4. The number of aliphatic carboxylic acids is 1. The predicted octanol–water partition coefficient (Wildman–Crippen LogP) is 3.38. The molecule has 1 aromatic carbocycles. The molecule has 1 unspecified atom stereocenters. The van der Waals surface area contributed by atoms with Gasteiger partial charge < -0.3 is 20.5 Å². The van der Waals surface area contributed by atoms with Crippen LogP contribution in [0.4, 0.5) is 10.5 Å². The van der Waals surface area contributed by atoms with E-state index >= 15 is 0 Å². The second-order valence-corrected chi connectivity index (χ2v) is 6.49. The second-order valence-electron chi connectivity index (χ2n) is 6.49. The summed E-state index contributed by atoms with van der Waals surface area (Å²) in [5.74, 6) is -0.807. The van der Waals surface area contributed by atoms with Crippen LogP contribution in [0.25, 0.3) is 0 Å². The fourth-order valence-electron chi connectivity index (χ4n) is 1.97. The lowest BCUT2D eigenvalue weighted by molar-refractivity contribution is -0.137. The van der Waals surface area contributed by atoms with Crippen molar-refractivity contribution >= 4 is 17.7 Å². The van der Waals surface area contributed by atoms with Crippen molar-refractivity contribution in [1.82, 2.24) is 5.32 Å². The van der Waals surface area contributed by atoms with E-state index in [2.05, 4.69) is 10.6 Å². The van der Waals surface area contributed by atoms with Crippen LogP contribution in [0.15, 0.2) is 24.3 Å². The number of anilines is 1. The number of carbonyl (C=O) groups is 2. The molecule has 0 heterocycles. The number of nitrogens with one attached hydrogen (secondary N) is 2. The van der Waals surface area contributed by atoms with Gasteiger partial charge in [-0.05, 0) is 45.7 Å². The molecule has 0 saturated heterocycles. The van der Waals surface area contributed by atoms with Gasteiger partial charge in [-0.2, -0.15) is 0 Å². The highest BCUT2D eigenvalue weighted by Gasteiger charge is 2.16. The first-order valence-corrected chi connectivity index (χ1v) is 7.70. The Kier molecular flexibility index (Phi) is 6.88. The zero-order valence-corrected chi connectivity index (χ0v) is 14.2. The number of carboxylic acid groups (broad SMARTS) is 1. The summed E-state index contributed by atoms with van der Waals surface area (Å²) >= 11 is 0. The summed E-state index contributed by atoms with van der Waals surface area (Å²) in [6.07, 6.45) is 0.182. The van der Waals surface area contributed by atoms with E-state index in [0.29, 0.717) is 13.0 Å². The van der Waals surface area contributed by atoms with Gasteiger partial charge in [-0.3, -0.25) is 4.79 Å². The number of benzene rings is 1. The Morgan fingerprint density at radius 2 is 1.91 bits per heavy atom. The van der Waals surface area contributed by atoms with E-state index in [1.54, 1.807) is 0 Å². The number of hydrogen-bond acceptors (Lipinski definition) is 4. The van der Waals surface area contributed by atoms with Gasteiger partial charge in [0.25, 0.3) is 0 Å². The van der Waals surface area contributed by atoms with Gasteiger partial charge in [-0.1, -0.05) is 18.2 Å². The van der Waals surface area contributed by atoms with E-state index < -0.39 is 17.7 Å². The molecule has 1 aromatic rings. The molecule has 23 heavy (non-hydrogen) atoms. The van der Waals surface area contributed by atoms with Crippen molar-refractivity contribution in [3.63, 3.8) is 0 Å². The standard InChI is InChI=1S/C17H26N2O4/c1-12(9-10-15(20)21)19-14-8-6-5-7-13(14)11-18-16(22)23-17(2,3)4/h5-8,12,19H,9-11H2,1-4H3,(H,18,22)(H,20,21). The molecule has 128 valence electrons. The average Bonchev–Trinajstić information content (AvgIpc) is 2.42. The predicted molar refractivity (Wildman–Crippen MR) is 89.5 cm³/mol. The molecule has 0 saturated carbocycles. The summed E-state index contributed by atoms with van der Waals surface area (Å²) in [5.41, 5.74) is 1.26. The number of amides is 1. The summed E-state index contributed by atoms with van der Waals surface area (Å²) < 4.78 is 5.21. The third-order valence-corrected chi connectivity index (χ3v) is 3.03. The summed E-state index contributed by atoms with van der Waals surface area (Å²) in [6, 6.07) is 7.61. The van der Waals surface area contributed by atoms with Crippen LogP contribution in [0, 0.1) is 0 Å². The minimum Gasteiger partial charge on any atom is -0.481 e. The molecule has 0 spiro atoms. The number of alkyl carbamates (subject to hydrolysis) is 1. The first kappa shape index (κ1) is 18.8. The molecule has 0 bridgehead atoms. The van der Waals surface area contributed by atoms with Crippen molar-refractivity contribution in [1.29, 1.82) is 0 Å². The van der Waals surface area contributed by atoms with E-state index in [9.17, 15) is 9.59 Å². The largest absolute Gasteiger partial charge is 0.481 e. The first-order valence-electron chi connectivity index (χ1n) is 7.70. The Labute approximate surface area is 137 Å². The van der Waals surface area contributed by atoms with Crippen LogP contribution in [0.2, 0.25) is 0 Å². The molecule has 0 aromatic heterocycles. The molecule has 1 amide bonds. The lowest BCUT2D eigenvalue weighted by atomic mass is 10.1. The van der Waals surface area contributed by atoms with Crippen molar-refractivity contribution in [3.8, 4) is 0 Å². The summed E-state index contributed by atoms with van der Waals surface area (Å²) in [5, 5.41) is 14.7. The van der Waals surface area contributed by atoms with Crippen molar-refractivity contribution < 1.29 is 19.4 Å². The fraction of sp³-hybridized carbons (Fsp3) is 0.529. The quantitative estimate of drug-likeness (QED) is 0.716. The Morgan fingerprint density at radius 3 is 2.52 bits per heavy atom. The van der Waals surface area contributed by atoms with Gasteiger partial charge in [0.2, 0.25) is 0 Å². The summed E-state index contributed by atoms with van der Waals surface area (Å²) in [6.45, 7) is 7.70. The summed E-state index contributed by atoms with van der Waals surface area (Å²) in [4.78, 5) is 22.3. The van der Waals surface area contributed by atoms with Gasteiger partial charge in [0.15, 0.2) is 0 Å². The maximum absolute atomic E-state index is 11.7. The van der Waals surface area contributed by atoms with Gasteiger partial charge in [0, 0.05) is 24.7 Å². The van der Waals surface area contributed by atoms with Crippen molar-refractivity contribution in [2.75, 3.05) is 5.32 Å². The number of carbonyl (C=O) groups excluding carboxylic acids is 1. The molecule has 0 fully saturated rings. The van der Waals surface area contributed by atoms with Gasteiger partial charge in [0.05, 0.1) is 0 Å². The van der Waals surface area contributed by atoms with Crippen LogP contribution in [0.5, 0.6) is 0 Å². The third-order valence-electron chi connectivity index (χ3n) is 3.03. The normalized spacial score (nSPS) is 12.3. The lowest BCUT2D eigenvalue weighted by Gasteiger charge is -2.21. The van der Waals surface area contributed by atoms with Crippen LogP contribution in [-0.4, -0.2) is 28.8 Å². The fourth-order valence-corrected chi connectivity index (χ4v) is 1.97. The molecule has 1 rings (SSSR count). The van der Waals surface area contributed by atoms with Crippen LogP contribution in [-0.2, 0) is 16.1 Å². The summed E-state index contributed by atoms with van der Waals surface area (Å²) in [7, 11) is 0. The Balaban J connectivity index is 2.60.